The van der Waals surface area contributed by atoms with E-state index in [4.69, 9.17) is 23.2 Å². The molecule has 0 aliphatic heterocycles. The lowest BCUT2D eigenvalue weighted by atomic mass is 10.1. The standard InChI is InChI=1S/C22H15Cl2IN2O2S/c1-30(28,29)17-5-2-4-15(12-17)14-8-10-16(11-9-14)27-13-20(25)26-22(27)21-18(23)6-3-7-19(21)24/h2-13H,1H3. The van der Waals surface area contributed by atoms with E-state index in [0.29, 0.717) is 26.3 Å². The smallest absolute Gasteiger partial charge is 0.175 e. The molecule has 0 N–H and O–H groups in total. The summed E-state index contributed by atoms with van der Waals surface area (Å²) in [5.41, 5.74) is 3.31. The monoisotopic (exact) mass is 568 g/mol. The lowest BCUT2D eigenvalue weighted by Crippen LogP contribution is -1.98. The Morgan fingerprint density at radius 1 is 0.900 bits per heavy atom. The summed E-state index contributed by atoms with van der Waals surface area (Å²) in [5.74, 6) is 0.654. The topological polar surface area (TPSA) is 52.0 Å². The molecule has 0 aliphatic rings. The van der Waals surface area contributed by atoms with Gasteiger partial charge in [0.15, 0.2) is 9.84 Å². The van der Waals surface area contributed by atoms with Gasteiger partial charge in [-0.1, -0.05) is 53.5 Å². The van der Waals surface area contributed by atoms with Gasteiger partial charge in [0.1, 0.15) is 9.53 Å². The van der Waals surface area contributed by atoms with Crippen molar-refractivity contribution in [3.8, 4) is 28.2 Å². The number of benzene rings is 3. The fourth-order valence-electron chi connectivity index (χ4n) is 3.16. The number of imidazole rings is 1. The molecule has 4 rings (SSSR count). The molecule has 8 heteroatoms. The van der Waals surface area contributed by atoms with Gasteiger partial charge in [-0.05, 0) is 70.1 Å². The van der Waals surface area contributed by atoms with Gasteiger partial charge in [-0.25, -0.2) is 13.4 Å². The lowest BCUT2D eigenvalue weighted by Gasteiger charge is -2.11. The minimum atomic E-state index is -3.26. The summed E-state index contributed by atoms with van der Waals surface area (Å²) < 4.78 is 26.4. The Hall–Kier alpha value is -1.87. The first-order chi connectivity index (χ1) is 14.2. The Morgan fingerprint density at radius 2 is 1.53 bits per heavy atom. The first-order valence-electron chi connectivity index (χ1n) is 8.84. The second-order valence-corrected chi connectivity index (χ2v) is 10.6. The summed E-state index contributed by atoms with van der Waals surface area (Å²) in [7, 11) is -3.26. The number of hydrogen-bond donors (Lipinski definition) is 0. The first-order valence-corrected chi connectivity index (χ1v) is 12.6. The summed E-state index contributed by atoms with van der Waals surface area (Å²) in [6.07, 6.45) is 3.12. The van der Waals surface area contributed by atoms with Crippen LogP contribution in [0, 0.1) is 3.70 Å². The Balaban J connectivity index is 1.77. The van der Waals surface area contributed by atoms with Gasteiger partial charge in [0, 0.05) is 18.1 Å². The second-order valence-electron chi connectivity index (χ2n) is 6.70. The molecule has 3 aromatic carbocycles. The van der Waals surface area contributed by atoms with E-state index in [1.54, 1.807) is 36.4 Å². The lowest BCUT2D eigenvalue weighted by molar-refractivity contribution is 0.602. The van der Waals surface area contributed by atoms with Crippen LogP contribution in [0.25, 0.3) is 28.2 Å². The van der Waals surface area contributed by atoms with Crippen molar-refractivity contribution in [3.63, 3.8) is 0 Å². The van der Waals surface area contributed by atoms with Crippen molar-refractivity contribution >= 4 is 55.6 Å². The van der Waals surface area contributed by atoms with Crippen molar-refractivity contribution in [2.24, 2.45) is 0 Å². The van der Waals surface area contributed by atoms with Crippen molar-refractivity contribution in [2.75, 3.05) is 6.26 Å². The van der Waals surface area contributed by atoms with E-state index < -0.39 is 9.84 Å². The van der Waals surface area contributed by atoms with Crippen LogP contribution in [-0.4, -0.2) is 24.2 Å². The maximum atomic E-state index is 11.9. The van der Waals surface area contributed by atoms with Gasteiger partial charge >= 0.3 is 0 Å². The highest BCUT2D eigenvalue weighted by Crippen LogP contribution is 2.35. The molecule has 30 heavy (non-hydrogen) atoms. The average Bonchev–Trinajstić information content (AvgIpc) is 3.09. The third-order valence-corrected chi connectivity index (χ3v) is 6.86. The van der Waals surface area contributed by atoms with Crippen LogP contribution >= 0.6 is 45.8 Å². The van der Waals surface area contributed by atoms with Crippen molar-refractivity contribution in [1.82, 2.24) is 9.55 Å². The molecule has 4 nitrogen and oxygen atoms in total. The normalized spacial score (nSPS) is 11.6. The van der Waals surface area contributed by atoms with Crippen LogP contribution in [0.3, 0.4) is 0 Å². The number of nitrogens with zero attached hydrogens (tertiary/aromatic N) is 2. The maximum absolute atomic E-state index is 11.9. The molecule has 0 saturated heterocycles. The molecule has 0 radical (unpaired) electrons. The zero-order valence-corrected chi connectivity index (χ0v) is 20.2. The van der Waals surface area contributed by atoms with E-state index in [9.17, 15) is 8.42 Å². The molecule has 0 aliphatic carbocycles. The first kappa shape index (κ1) is 21.4. The largest absolute Gasteiger partial charge is 0.299 e. The predicted octanol–water partition coefficient (Wildman–Crippen LogP) is 6.52. The molecule has 1 aromatic heterocycles. The van der Waals surface area contributed by atoms with Gasteiger partial charge in [0.2, 0.25) is 0 Å². The molecular weight excluding hydrogens is 554 g/mol. The van der Waals surface area contributed by atoms with Crippen molar-refractivity contribution in [2.45, 2.75) is 4.90 Å². The minimum absolute atomic E-state index is 0.295. The van der Waals surface area contributed by atoms with E-state index in [2.05, 4.69) is 27.6 Å². The zero-order chi connectivity index (χ0) is 21.5. The highest BCUT2D eigenvalue weighted by atomic mass is 127. The van der Waals surface area contributed by atoms with E-state index >= 15 is 0 Å². The highest BCUT2D eigenvalue weighted by Gasteiger charge is 2.17. The molecule has 0 saturated carbocycles. The van der Waals surface area contributed by atoms with Gasteiger partial charge in [0.05, 0.1) is 20.5 Å². The van der Waals surface area contributed by atoms with Crippen molar-refractivity contribution in [3.05, 3.63) is 86.7 Å². The summed E-state index contributed by atoms with van der Waals surface area (Å²) in [6.45, 7) is 0. The van der Waals surface area contributed by atoms with Gasteiger partial charge < -0.3 is 0 Å². The van der Waals surface area contributed by atoms with Gasteiger partial charge in [-0.3, -0.25) is 4.57 Å². The van der Waals surface area contributed by atoms with E-state index in [1.165, 1.54) is 6.26 Å². The minimum Gasteiger partial charge on any atom is -0.299 e. The second kappa shape index (κ2) is 8.34. The molecule has 0 unspecified atom stereocenters. The molecule has 0 amide bonds. The van der Waals surface area contributed by atoms with Crippen LogP contribution < -0.4 is 0 Å². The Labute approximate surface area is 198 Å². The summed E-state index contributed by atoms with van der Waals surface area (Å²) in [5, 5.41) is 1.06. The van der Waals surface area contributed by atoms with Crippen LogP contribution in [0.4, 0.5) is 0 Å². The van der Waals surface area contributed by atoms with E-state index in [0.717, 1.165) is 20.5 Å². The number of hydrogen-bond acceptors (Lipinski definition) is 3. The third kappa shape index (κ3) is 4.27. The van der Waals surface area contributed by atoms with Gasteiger partial charge in [0.25, 0.3) is 0 Å². The fraction of sp³-hybridized carbons (Fsp3) is 0.0455. The number of sulfone groups is 1. The summed E-state index contributed by atoms with van der Waals surface area (Å²) in [4.78, 5) is 4.91. The molecule has 0 fully saturated rings. The summed E-state index contributed by atoms with van der Waals surface area (Å²) in [6, 6.07) is 20.1. The molecule has 4 aromatic rings. The predicted molar refractivity (Wildman–Crippen MR) is 130 cm³/mol. The SMILES string of the molecule is CS(=O)(=O)c1cccc(-c2ccc(-n3cc(I)nc3-c3c(Cl)cccc3Cl)cc2)c1. The van der Waals surface area contributed by atoms with Crippen LogP contribution in [0.15, 0.2) is 77.8 Å². The van der Waals surface area contributed by atoms with Crippen molar-refractivity contribution in [1.29, 1.82) is 0 Å². The van der Waals surface area contributed by atoms with Crippen LogP contribution in [0.2, 0.25) is 10.0 Å². The maximum Gasteiger partial charge on any atom is 0.175 e. The van der Waals surface area contributed by atoms with Gasteiger partial charge in [-0.2, -0.15) is 0 Å². The molecule has 1 heterocycles. The van der Waals surface area contributed by atoms with E-state index in [1.807, 2.05) is 41.1 Å². The number of aromatic nitrogens is 2. The number of rotatable bonds is 4. The highest BCUT2D eigenvalue weighted by molar-refractivity contribution is 14.1. The summed E-state index contributed by atoms with van der Waals surface area (Å²) >= 11 is 15.0. The van der Waals surface area contributed by atoms with Gasteiger partial charge in [-0.15, -0.1) is 0 Å². The Morgan fingerprint density at radius 3 is 2.17 bits per heavy atom. The molecule has 152 valence electrons. The molecule has 0 atom stereocenters. The van der Waals surface area contributed by atoms with E-state index in [-0.39, 0.29) is 0 Å². The molecule has 0 bridgehead atoms. The van der Waals surface area contributed by atoms with Crippen molar-refractivity contribution < 1.29 is 8.42 Å². The molecular formula is C22H15Cl2IN2O2S. The Bertz CT molecular complexity index is 1330. The van der Waals surface area contributed by atoms with Crippen LogP contribution in [0.5, 0.6) is 0 Å². The quantitative estimate of drug-likeness (QED) is 0.263. The molecule has 0 spiro atoms. The van der Waals surface area contributed by atoms with Crippen LogP contribution in [0.1, 0.15) is 0 Å². The number of halogens is 3. The van der Waals surface area contributed by atoms with Crippen LogP contribution in [-0.2, 0) is 9.84 Å². The Kier molecular flexibility index (Phi) is 5.94. The third-order valence-electron chi connectivity index (χ3n) is 4.60. The zero-order valence-electron chi connectivity index (χ0n) is 15.7. The average molecular weight is 569 g/mol. The fourth-order valence-corrected chi connectivity index (χ4v) is 4.90.